The van der Waals surface area contributed by atoms with Crippen LogP contribution in [-0.2, 0) is 14.4 Å². The van der Waals surface area contributed by atoms with E-state index in [-0.39, 0.29) is 4.90 Å². The van der Waals surface area contributed by atoms with Crippen LogP contribution in [0.1, 0.15) is 23.6 Å². The highest BCUT2D eigenvalue weighted by Crippen LogP contribution is 2.23. The Bertz CT molecular complexity index is 495. The Kier molecular flexibility index (Phi) is 3.70. The van der Waals surface area contributed by atoms with Gasteiger partial charge in [0.05, 0.1) is 0 Å². The van der Waals surface area contributed by atoms with Crippen molar-refractivity contribution in [2.45, 2.75) is 32.6 Å². The summed E-state index contributed by atoms with van der Waals surface area (Å²) in [6.45, 7) is 6.99. The summed E-state index contributed by atoms with van der Waals surface area (Å²) in [7, 11) is -3.80. The topological polar surface area (TPSA) is 55.7 Å². The fourth-order valence-electron chi connectivity index (χ4n) is 1.70. The van der Waals surface area contributed by atoms with Crippen LogP contribution >= 0.6 is 0 Å². The molecule has 0 aliphatic heterocycles. The van der Waals surface area contributed by atoms with Crippen LogP contribution in [-0.4, -0.2) is 14.6 Å². The number of nitrogens with zero attached hydrogens (tertiary/aromatic N) is 1. The second-order valence-electron chi connectivity index (χ2n) is 3.62. The van der Waals surface area contributed by atoms with Crippen LogP contribution < -0.4 is 0 Å². The molecule has 88 valence electrons. The Morgan fingerprint density at radius 3 is 2.12 bits per heavy atom. The van der Waals surface area contributed by atoms with Gasteiger partial charge < -0.3 is 0 Å². The molecule has 16 heavy (non-hydrogen) atoms. The van der Waals surface area contributed by atoms with Crippen molar-refractivity contribution in [1.29, 1.82) is 0 Å². The number of hydrogen-bond acceptors (Lipinski definition) is 4. The van der Waals surface area contributed by atoms with Crippen molar-refractivity contribution in [3.8, 4) is 0 Å². The van der Waals surface area contributed by atoms with E-state index in [1.807, 2.05) is 6.92 Å². The Balaban J connectivity index is 3.33. The van der Waals surface area contributed by atoms with Crippen LogP contribution in [0.4, 0.5) is 0 Å². The van der Waals surface area contributed by atoms with E-state index in [4.69, 9.17) is 0 Å². The number of rotatable bonds is 3. The maximum absolute atomic E-state index is 11.8. The van der Waals surface area contributed by atoms with Crippen LogP contribution in [0.25, 0.3) is 0 Å². The maximum Gasteiger partial charge on any atom is 0.358 e. The van der Waals surface area contributed by atoms with Gasteiger partial charge in [-0.25, -0.2) is 0 Å². The molecule has 5 heteroatoms. The monoisotopic (exact) mass is 241 g/mol. The minimum atomic E-state index is -3.80. The van der Waals surface area contributed by atoms with Gasteiger partial charge in [-0.3, -0.25) is 4.28 Å². The third-order valence-electron chi connectivity index (χ3n) is 2.10. The van der Waals surface area contributed by atoms with Gasteiger partial charge in [0.15, 0.2) is 0 Å². The average Bonchev–Trinajstić information content (AvgIpc) is 2.12. The van der Waals surface area contributed by atoms with Gasteiger partial charge in [0.25, 0.3) is 0 Å². The van der Waals surface area contributed by atoms with Crippen molar-refractivity contribution < 1.29 is 12.7 Å². The first-order valence-electron chi connectivity index (χ1n) is 4.88. The van der Waals surface area contributed by atoms with E-state index in [2.05, 4.69) is 9.44 Å². The Hall–Kier alpha value is -1.36. The lowest BCUT2D eigenvalue weighted by Gasteiger charge is -2.09. The predicted molar refractivity (Wildman–Crippen MR) is 63.1 cm³/mol. The van der Waals surface area contributed by atoms with Crippen molar-refractivity contribution in [3.63, 3.8) is 0 Å². The zero-order valence-electron chi connectivity index (χ0n) is 9.81. The van der Waals surface area contributed by atoms with Gasteiger partial charge in [0, 0.05) is 6.21 Å². The van der Waals surface area contributed by atoms with Crippen molar-refractivity contribution in [1.82, 2.24) is 0 Å². The summed E-state index contributed by atoms with van der Waals surface area (Å²) in [4.78, 5) is 0.198. The summed E-state index contributed by atoms with van der Waals surface area (Å²) in [5, 5.41) is 3.31. The SMILES string of the molecule is C/C=N/OS(=O)(=O)c1c(C)cc(C)cc1C. The molecule has 0 unspecified atom stereocenters. The van der Waals surface area contributed by atoms with Crippen LogP contribution in [0.5, 0.6) is 0 Å². The lowest BCUT2D eigenvalue weighted by atomic mass is 10.1. The van der Waals surface area contributed by atoms with E-state index in [0.717, 1.165) is 5.56 Å². The normalized spacial score (nSPS) is 12.0. The number of aryl methyl sites for hydroxylation is 3. The van der Waals surface area contributed by atoms with Gasteiger partial charge in [-0.05, 0) is 38.8 Å². The zero-order valence-corrected chi connectivity index (χ0v) is 10.6. The van der Waals surface area contributed by atoms with Crippen LogP contribution in [0.3, 0.4) is 0 Å². The van der Waals surface area contributed by atoms with E-state index in [1.54, 1.807) is 32.9 Å². The Labute approximate surface area is 96.1 Å². The van der Waals surface area contributed by atoms with E-state index in [9.17, 15) is 8.42 Å². The third kappa shape index (κ3) is 2.61. The van der Waals surface area contributed by atoms with Crippen LogP contribution in [0.15, 0.2) is 22.2 Å². The summed E-state index contributed by atoms with van der Waals surface area (Å²) in [6.07, 6.45) is 1.29. The van der Waals surface area contributed by atoms with Gasteiger partial charge in [0.1, 0.15) is 4.90 Å². The van der Waals surface area contributed by atoms with Crippen molar-refractivity contribution in [2.75, 3.05) is 0 Å². The molecule has 0 aromatic heterocycles. The lowest BCUT2D eigenvalue weighted by Crippen LogP contribution is -2.07. The quantitative estimate of drug-likeness (QED) is 0.602. The third-order valence-corrected chi connectivity index (χ3v) is 3.53. The van der Waals surface area contributed by atoms with Crippen molar-refractivity contribution >= 4 is 16.3 Å². The first-order valence-corrected chi connectivity index (χ1v) is 6.29. The fraction of sp³-hybridized carbons (Fsp3) is 0.364. The first-order chi connectivity index (χ1) is 7.38. The van der Waals surface area contributed by atoms with Gasteiger partial charge in [-0.1, -0.05) is 22.9 Å². The highest BCUT2D eigenvalue weighted by atomic mass is 32.2. The van der Waals surface area contributed by atoms with E-state index in [0.29, 0.717) is 11.1 Å². The van der Waals surface area contributed by atoms with Crippen LogP contribution in [0, 0.1) is 20.8 Å². The second-order valence-corrected chi connectivity index (χ2v) is 5.09. The largest absolute Gasteiger partial charge is 0.358 e. The molecule has 4 nitrogen and oxygen atoms in total. The summed E-state index contributed by atoms with van der Waals surface area (Å²) in [5.74, 6) is 0. The number of oxime groups is 1. The van der Waals surface area contributed by atoms with Gasteiger partial charge in [-0.15, -0.1) is 0 Å². The van der Waals surface area contributed by atoms with Crippen LogP contribution in [0.2, 0.25) is 0 Å². The molecule has 0 amide bonds. The smallest absolute Gasteiger partial charge is 0.265 e. The molecule has 0 heterocycles. The lowest BCUT2D eigenvalue weighted by molar-refractivity contribution is 0.340. The summed E-state index contributed by atoms with van der Waals surface area (Å²) in [6, 6.07) is 3.61. The fourth-order valence-corrected chi connectivity index (χ4v) is 2.88. The first kappa shape index (κ1) is 12.7. The Morgan fingerprint density at radius 2 is 1.69 bits per heavy atom. The standard InChI is InChI=1S/C11H15NO3S/c1-5-12-15-16(13,14)11-9(3)6-8(2)7-10(11)4/h5-7H,1-4H3/b12-5+. The van der Waals surface area contributed by atoms with Gasteiger partial charge >= 0.3 is 10.1 Å². The molecule has 1 aromatic carbocycles. The number of hydrogen-bond donors (Lipinski definition) is 0. The molecule has 0 atom stereocenters. The average molecular weight is 241 g/mol. The highest BCUT2D eigenvalue weighted by Gasteiger charge is 2.21. The molecule has 0 N–H and O–H groups in total. The molecule has 1 aromatic rings. The molecule has 0 spiro atoms. The van der Waals surface area contributed by atoms with Gasteiger partial charge in [-0.2, -0.15) is 8.42 Å². The van der Waals surface area contributed by atoms with Gasteiger partial charge in [0.2, 0.25) is 0 Å². The molecule has 0 bridgehead atoms. The molecule has 0 saturated carbocycles. The maximum atomic E-state index is 11.8. The Morgan fingerprint density at radius 1 is 1.19 bits per heavy atom. The molecule has 1 rings (SSSR count). The molecule has 0 fully saturated rings. The van der Waals surface area contributed by atoms with E-state index in [1.165, 1.54) is 6.21 Å². The molecular weight excluding hydrogens is 226 g/mol. The number of benzene rings is 1. The minimum absolute atomic E-state index is 0.198. The predicted octanol–water partition coefficient (Wildman–Crippen LogP) is 2.32. The van der Waals surface area contributed by atoms with E-state index >= 15 is 0 Å². The summed E-state index contributed by atoms with van der Waals surface area (Å²) >= 11 is 0. The summed E-state index contributed by atoms with van der Waals surface area (Å²) in [5.41, 5.74) is 2.36. The minimum Gasteiger partial charge on any atom is -0.265 e. The molecule has 0 saturated heterocycles. The van der Waals surface area contributed by atoms with Crippen molar-refractivity contribution in [2.24, 2.45) is 5.16 Å². The summed E-state index contributed by atoms with van der Waals surface area (Å²) < 4.78 is 28.1. The zero-order chi connectivity index (χ0) is 12.3. The highest BCUT2D eigenvalue weighted by molar-refractivity contribution is 7.86. The molecule has 0 aliphatic rings. The second kappa shape index (κ2) is 4.65. The molecule has 0 radical (unpaired) electrons. The molecular formula is C11H15NO3S. The van der Waals surface area contributed by atoms with E-state index < -0.39 is 10.1 Å². The molecule has 0 aliphatic carbocycles. The van der Waals surface area contributed by atoms with Crippen molar-refractivity contribution in [3.05, 3.63) is 28.8 Å².